The van der Waals surface area contributed by atoms with Gasteiger partial charge in [-0.05, 0) is 32.9 Å². The second-order valence-corrected chi connectivity index (χ2v) is 5.14. The molecule has 0 aromatic heterocycles. The first-order chi connectivity index (χ1) is 8.78. The molecule has 0 aliphatic heterocycles. The second kappa shape index (κ2) is 7.87. The molecular weight excluding hydrogens is 280 g/mol. The zero-order valence-electron chi connectivity index (χ0n) is 11.9. The fourth-order valence-electron chi connectivity index (χ4n) is 1.33. The van der Waals surface area contributed by atoms with E-state index < -0.39 is 5.54 Å². The maximum absolute atomic E-state index is 11.5. The van der Waals surface area contributed by atoms with Crippen molar-refractivity contribution in [2.45, 2.75) is 26.3 Å². The quantitative estimate of drug-likeness (QED) is 0.781. The molecule has 0 spiro atoms. The number of benzene rings is 1. The summed E-state index contributed by atoms with van der Waals surface area (Å²) in [6.07, 6.45) is 0. The third kappa shape index (κ3) is 7.11. The smallest absolute Gasteiger partial charge is 0.258 e. The molecule has 0 fully saturated rings. The Morgan fingerprint density at radius 3 is 2.55 bits per heavy atom. The molecule has 112 valence electrons. The maximum Gasteiger partial charge on any atom is 0.258 e. The molecular formula is C14H21ClN2O3. The molecule has 0 saturated carbocycles. The summed E-state index contributed by atoms with van der Waals surface area (Å²) < 4.78 is 5.32. The van der Waals surface area contributed by atoms with E-state index in [1.54, 1.807) is 24.3 Å². The number of carbonyl (C=O) groups excluding carboxylic acids is 2. The number of hydrogen-bond donors (Lipinski definition) is 2. The Hall–Kier alpha value is -1.59. The number of ether oxygens (including phenoxy) is 1. The third-order valence-electron chi connectivity index (χ3n) is 2.35. The largest absolute Gasteiger partial charge is 0.484 e. The molecule has 0 radical (unpaired) electrons. The highest BCUT2D eigenvalue weighted by atomic mass is 35.5. The molecule has 0 atom stereocenters. The van der Waals surface area contributed by atoms with Gasteiger partial charge in [0, 0.05) is 17.6 Å². The van der Waals surface area contributed by atoms with Crippen LogP contribution >= 0.6 is 12.4 Å². The van der Waals surface area contributed by atoms with Crippen LogP contribution in [0.25, 0.3) is 0 Å². The molecule has 5 nitrogen and oxygen atoms in total. The molecule has 0 saturated heterocycles. The minimum Gasteiger partial charge on any atom is -0.484 e. The zero-order chi connectivity index (χ0) is 14.5. The van der Waals surface area contributed by atoms with Gasteiger partial charge in [0.15, 0.2) is 12.4 Å². The summed E-state index contributed by atoms with van der Waals surface area (Å²) in [5.41, 5.74) is 5.85. The highest BCUT2D eigenvalue weighted by Crippen LogP contribution is 2.13. The monoisotopic (exact) mass is 300 g/mol. The lowest BCUT2D eigenvalue weighted by atomic mass is 10.1. The van der Waals surface area contributed by atoms with Gasteiger partial charge in [0.25, 0.3) is 5.91 Å². The van der Waals surface area contributed by atoms with Crippen LogP contribution in [0.3, 0.4) is 0 Å². The van der Waals surface area contributed by atoms with Gasteiger partial charge in [0.2, 0.25) is 0 Å². The van der Waals surface area contributed by atoms with Gasteiger partial charge in [-0.2, -0.15) is 0 Å². The summed E-state index contributed by atoms with van der Waals surface area (Å²) in [5.74, 6) is 0.210. The SMILES string of the molecule is CC(=O)c1cccc(OCC(=O)NCC(C)(C)N)c1.Cl. The summed E-state index contributed by atoms with van der Waals surface area (Å²) in [5, 5.41) is 2.67. The molecule has 0 aliphatic carbocycles. The third-order valence-corrected chi connectivity index (χ3v) is 2.35. The van der Waals surface area contributed by atoms with Crippen molar-refractivity contribution in [1.29, 1.82) is 0 Å². The van der Waals surface area contributed by atoms with E-state index in [0.717, 1.165) is 0 Å². The van der Waals surface area contributed by atoms with E-state index in [4.69, 9.17) is 10.5 Å². The fourth-order valence-corrected chi connectivity index (χ4v) is 1.33. The summed E-state index contributed by atoms with van der Waals surface area (Å²) in [6, 6.07) is 6.73. The predicted octanol–water partition coefficient (Wildman–Crippen LogP) is 1.54. The lowest BCUT2D eigenvalue weighted by Crippen LogP contribution is -2.46. The molecule has 0 unspecified atom stereocenters. The van der Waals surface area contributed by atoms with Crippen LogP contribution in [-0.2, 0) is 4.79 Å². The lowest BCUT2D eigenvalue weighted by Gasteiger charge is -2.18. The van der Waals surface area contributed by atoms with Gasteiger partial charge in [0.05, 0.1) is 0 Å². The average molecular weight is 301 g/mol. The minimum atomic E-state index is -0.454. The summed E-state index contributed by atoms with van der Waals surface area (Å²) >= 11 is 0. The Bertz CT molecular complexity index is 470. The van der Waals surface area contributed by atoms with Crippen LogP contribution in [0.5, 0.6) is 5.75 Å². The van der Waals surface area contributed by atoms with Gasteiger partial charge in [-0.1, -0.05) is 12.1 Å². The van der Waals surface area contributed by atoms with Crippen molar-refractivity contribution in [3.8, 4) is 5.75 Å². The molecule has 20 heavy (non-hydrogen) atoms. The van der Waals surface area contributed by atoms with Gasteiger partial charge in [0.1, 0.15) is 5.75 Å². The van der Waals surface area contributed by atoms with Crippen LogP contribution in [0, 0.1) is 0 Å². The van der Waals surface area contributed by atoms with Gasteiger partial charge < -0.3 is 15.8 Å². The fraction of sp³-hybridized carbons (Fsp3) is 0.429. The van der Waals surface area contributed by atoms with Gasteiger partial charge in [-0.25, -0.2) is 0 Å². The maximum atomic E-state index is 11.5. The molecule has 0 heterocycles. The van der Waals surface area contributed by atoms with Crippen molar-refractivity contribution in [2.75, 3.05) is 13.2 Å². The summed E-state index contributed by atoms with van der Waals surface area (Å²) in [4.78, 5) is 22.7. The van der Waals surface area contributed by atoms with Gasteiger partial charge in [-0.3, -0.25) is 9.59 Å². The van der Waals surface area contributed by atoms with Crippen molar-refractivity contribution < 1.29 is 14.3 Å². The topological polar surface area (TPSA) is 81.4 Å². The van der Waals surface area contributed by atoms with E-state index in [1.165, 1.54) is 6.92 Å². The Balaban J connectivity index is 0.00000361. The average Bonchev–Trinajstić information content (AvgIpc) is 2.33. The molecule has 1 rings (SSSR count). The van der Waals surface area contributed by atoms with Crippen molar-refractivity contribution in [1.82, 2.24) is 5.32 Å². The Morgan fingerprint density at radius 2 is 2.00 bits per heavy atom. The van der Waals surface area contributed by atoms with Crippen molar-refractivity contribution in [3.63, 3.8) is 0 Å². The number of carbonyl (C=O) groups is 2. The number of nitrogens with one attached hydrogen (secondary N) is 1. The number of ketones is 1. The van der Waals surface area contributed by atoms with Crippen LogP contribution in [-0.4, -0.2) is 30.4 Å². The molecule has 1 aromatic carbocycles. The minimum absolute atomic E-state index is 0. The van der Waals surface area contributed by atoms with Crippen LogP contribution in [0.4, 0.5) is 0 Å². The van der Waals surface area contributed by atoms with Gasteiger partial charge >= 0.3 is 0 Å². The number of rotatable bonds is 6. The standard InChI is InChI=1S/C14H20N2O3.ClH/c1-10(17)11-5-4-6-12(7-11)19-8-13(18)16-9-14(2,3)15;/h4-7H,8-9,15H2,1-3H3,(H,16,18);1H. The molecule has 0 bridgehead atoms. The van der Waals surface area contributed by atoms with E-state index in [0.29, 0.717) is 17.9 Å². The lowest BCUT2D eigenvalue weighted by molar-refractivity contribution is -0.123. The number of amides is 1. The van der Waals surface area contributed by atoms with E-state index >= 15 is 0 Å². The highest BCUT2D eigenvalue weighted by molar-refractivity contribution is 5.94. The Morgan fingerprint density at radius 1 is 1.35 bits per heavy atom. The number of Topliss-reactive ketones (excluding diaryl/α,β-unsaturated/α-hetero) is 1. The van der Waals surface area contributed by atoms with E-state index in [-0.39, 0.29) is 30.7 Å². The molecule has 1 aromatic rings. The highest BCUT2D eigenvalue weighted by Gasteiger charge is 2.12. The van der Waals surface area contributed by atoms with Crippen LogP contribution in [0.1, 0.15) is 31.1 Å². The Labute approximate surface area is 125 Å². The summed E-state index contributed by atoms with van der Waals surface area (Å²) in [6.45, 7) is 5.41. The first-order valence-electron chi connectivity index (χ1n) is 6.07. The first kappa shape index (κ1) is 18.4. The van der Waals surface area contributed by atoms with Crippen molar-refractivity contribution >= 4 is 24.1 Å². The number of hydrogen-bond acceptors (Lipinski definition) is 4. The summed E-state index contributed by atoms with van der Waals surface area (Å²) in [7, 11) is 0. The molecule has 1 amide bonds. The predicted molar refractivity (Wildman–Crippen MR) is 80.5 cm³/mol. The van der Waals surface area contributed by atoms with Crippen LogP contribution < -0.4 is 15.8 Å². The molecule has 3 N–H and O–H groups in total. The molecule has 0 aliphatic rings. The molecule has 6 heteroatoms. The normalized spacial score (nSPS) is 10.4. The van der Waals surface area contributed by atoms with Crippen LogP contribution in [0.2, 0.25) is 0 Å². The van der Waals surface area contributed by atoms with Gasteiger partial charge in [-0.15, -0.1) is 12.4 Å². The number of halogens is 1. The zero-order valence-corrected chi connectivity index (χ0v) is 12.8. The van der Waals surface area contributed by atoms with Crippen molar-refractivity contribution in [3.05, 3.63) is 29.8 Å². The Kier molecular flexibility index (Phi) is 7.24. The van der Waals surface area contributed by atoms with E-state index in [9.17, 15) is 9.59 Å². The first-order valence-corrected chi connectivity index (χ1v) is 6.07. The van der Waals surface area contributed by atoms with E-state index in [2.05, 4.69) is 5.32 Å². The second-order valence-electron chi connectivity index (χ2n) is 5.14. The van der Waals surface area contributed by atoms with E-state index in [1.807, 2.05) is 13.8 Å². The van der Waals surface area contributed by atoms with Crippen LogP contribution in [0.15, 0.2) is 24.3 Å². The number of nitrogens with two attached hydrogens (primary N) is 1. The van der Waals surface area contributed by atoms with Crippen molar-refractivity contribution in [2.24, 2.45) is 5.73 Å².